The predicted octanol–water partition coefficient (Wildman–Crippen LogP) is 3.20. The van der Waals surface area contributed by atoms with E-state index in [-0.39, 0.29) is 5.97 Å². The molecular formula is C14H17BrO4. The average molecular weight is 329 g/mol. The van der Waals surface area contributed by atoms with E-state index in [1.807, 2.05) is 24.3 Å². The molecule has 5 heteroatoms. The summed E-state index contributed by atoms with van der Waals surface area (Å²) in [5, 5.41) is 0. The topological polar surface area (TPSA) is 44.8 Å². The number of carbonyl (C=O) groups is 1. The lowest BCUT2D eigenvalue weighted by molar-refractivity contribution is -0.170. The third-order valence-corrected chi connectivity index (χ3v) is 3.34. The zero-order valence-electron chi connectivity index (χ0n) is 11.2. The van der Waals surface area contributed by atoms with Crippen LogP contribution in [0.2, 0.25) is 0 Å². The maximum absolute atomic E-state index is 11.9. The molecule has 2 atom stereocenters. The number of ether oxygens (including phenoxy) is 3. The van der Waals surface area contributed by atoms with E-state index < -0.39 is 18.0 Å². The predicted molar refractivity (Wildman–Crippen MR) is 73.6 cm³/mol. The van der Waals surface area contributed by atoms with Crippen LogP contribution >= 0.6 is 15.9 Å². The molecule has 0 aliphatic carbocycles. The molecule has 0 unspecified atom stereocenters. The molecule has 0 amide bonds. The van der Waals surface area contributed by atoms with Crippen LogP contribution in [0.15, 0.2) is 28.7 Å². The average Bonchev–Trinajstić information content (AvgIpc) is 2.67. The summed E-state index contributed by atoms with van der Waals surface area (Å²) in [6, 6.07) is 7.63. The molecule has 1 fully saturated rings. The van der Waals surface area contributed by atoms with Crippen LogP contribution in [-0.4, -0.2) is 24.5 Å². The van der Waals surface area contributed by atoms with Crippen molar-refractivity contribution in [3.8, 4) is 0 Å². The highest BCUT2D eigenvalue weighted by Crippen LogP contribution is 2.39. The molecule has 0 bridgehead atoms. The van der Waals surface area contributed by atoms with Crippen molar-refractivity contribution in [1.29, 1.82) is 0 Å². The summed E-state index contributed by atoms with van der Waals surface area (Å²) >= 11 is 3.38. The van der Waals surface area contributed by atoms with Crippen LogP contribution in [0, 0.1) is 0 Å². The first-order valence-electron chi connectivity index (χ1n) is 6.20. The molecule has 1 heterocycles. The van der Waals surface area contributed by atoms with E-state index in [2.05, 4.69) is 15.9 Å². The Morgan fingerprint density at radius 1 is 1.32 bits per heavy atom. The second-order valence-electron chi connectivity index (χ2n) is 4.78. The minimum atomic E-state index is -0.796. The molecule has 2 rings (SSSR count). The maximum atomic E-state index is 11.9. The van der Waals surface area contributed by atoms with Crippen LogP contribution in [0.4, 0.5) is 0 Å². The van der Waals surface area contributed by atoms with E-state index in [4.69, 9.17) is 14.2 Å². The zero-order chi connectivity index (χ0) is 14.0. The molecule has 104 valence electrons. The van der Waals surface area contributed by atoms with Gasteiger partial charge < -0.3 is 14.2 Å². The Labute approximate surface area is 121 Å². The minimum absolute atomic E-state index is 0.326. The van der Waals surface area contributed by atoms with Gasteiger partial charge in [-0.1, -0.05) is 28.1 Å². The number of benzene rings is 1. The molecule has 1 saturated heterocycles. The maximum Gasteiger partial charge on any atom is 0.338 e. The van der Waals surface area contributed by atoms with Gasteiger partial charge in [0.1, 0.15) is 6.10 Å². The van der Waals surface area contributed by atoms with Crippen LogP contribution < -0.4 is 0 Å². The highest BCUT2D eigenvalue weighted by atomic mass is 79.9. The Bertz CT molecular complexity index is 455. The first-order chi connectivity index (χ1) is 8.93. The second-order valence-corrected chi connectivity index (χ2v) is 5.70. The van der Waals surface area contributed by atoms with Crippen molar-refractivity contribution in [1.82, 2.24) is 0 Å². The fourth-order valence-corrected chi connectivity index (χ4v) is 2.32. The van der Waals surface area contributed by atoms with E-state index in [0.29, 0.717) is 6.61 Å². The molecule has 0 saturated carbocycles. The van der Waals surface area contributed by atoms with E-state index in [1.54, 1.807) is 20.8 Å². The van der Waals surface area contributed by atoms with Gasteiger partial charge in [-0.2, -0.15) is 0 Å². The quantitative estimate of drug-likeness (QED) is 0.799. The second kappa shape index (κ2) is 5.61. The van der Waals surface area contributed by atoms with Gasteiger partial charge in [0.2, 0.25) is 0 Å². The molecule has 0 radical (unpaired) electrons. The summed E-state index contributed by atoms with van der Waals surface area (Å²) in [6.45, 7) is 5.68. The summed E-state index contributed by atoms with van der Waals surface area (Å²) in [7, 11) is 0. The van der Waals surface area contributed by atoms with Crippen LogP contribution in [0.5, 0.6) is 0 Å². The summed E-state index contributed by atoms with van der Waals surface area (Å²) in [6.07, 6.45) is -1.17. The Morgan fingerprint density at radius 3 is 2.53 bits per heavy atom. The van der Waals surface area contributed by atoms with Crippen LogP contribution in [0.1, 0.15) is 32.4 Å². The Balaban J connectivity index is 2.25. The van der Waals surface area contributed by atoms with Crippen molar-refractivity contribution in [2.45, 2.75) is 38.8 Å². The first-order valence-corrected chi connectivity index (χ1v) is 7.00. The number of hydrogen-bond donors (Lipinski definition) is 0. The van der Waals surface area contributed by atoms with Gasteiger partial charge in [0.05, 0.1) is 6.61 Å². The van der Waals surface area contributed by atoms with Gasteiger partial charge in [-0.3, -0.25) is 0 Å². The molecule has 1 aromatic rings. The molecule has 1 aromatic carbocycles. The van der Waals surface area contributed by atoms with Gasteiger partial charge >= 0.3 is 5.97 Å². The molecule has 0 N–H and O–H groups in total. The highest BCUT2D eigenvalue weighted by Gasteiger charge is 2.46. The lowest BCUT2D eigenvalue weighted by Crippen LogP contribution is -2.29. The number of halogens is 1. The van der Waals surface area contributed by atoms with Gasteiger partial charge in [-0.25, -0.2) is 4.79 Å². The van der Waals surface area contributed by atoms with E-state index >= 15 is 0 Å². The standard InChI is InChI=1S/C14H17BrO4/c1-4-17-13(16)12-11(18-14(2,3)19-12)9-5-7-10(15)8-6-9/h5-8,11-12H,4H2,1-3H3/t11-,12-/m1/s1. The zero-order valence-corrected chi connectivity index (χ0v) is 12.8. The fourth-order valence-electron chi connectivity index (χ4n) is 2.05. The summed E-state index contributed by atoms with van der Waals surface area (Å²) < 4.78 is 17.5. The van der Waals surface area contributed by atoms with Crippen LogP contribution in [0.3, 0.4) is 0 Å². The monoisotopic (exact) mass is 328 g/mol. The lowest BCUT2D eigenvalue weighted by Gasteiger charge is -2.16. The highest BCUT2D eigenvalue weighted by molar-refractivity contribution is 9.10. The third kappa shape index (κ3) is 3.35. The molecule has 4 nitrogen and oxygen atoms in total. The molecule has 0 spiro atoms. The first kappa shape index (κ1) is 14.5. The molecule has 19 heavy (non-hydrogen) atoms. The minimum Gasteiger partial charge on any atom is -0.464 e. The van der Waals surface area contributed by atoms with Crippen molar-refractivity contribution in [3.05, 3.63) is 34.3 Å². The fraction of sp³-hybridized carbons (Fsp3) is 0.500. The van der Waals surface area contributed by atoms with Crippen LogP contribution in [0.25, 0.3) is 0 Å². The van der Waals surface area contributed by atoms with Crippen molar-refractivity contribution < 1.29 is 19.0 Å². The molecular weight excluding hydrogens is 312 g/mol. The normalized spacial score (nSPS) is 25.3. The molecule has 1 aliphatic heterocycles. The van der Waals surface area contributed by atoms with E-state index in [9.17, 15) is 4.79 Å². The largest absolute Gasteiger partial charge is 0.464 e. The number of rotatable bonds is 3. The Hall–Kier alpha value is -0.910. The van der Waals surface area contributed by atoms with Crippen molar-refractivity contribution in [2.75, 3.05) is 6.61 Å². The van der Waals surface area contributed by atoms with Gasteiger partial charge in [-0.05, 0) is 38.5 Å². The van der Waals surface area contributed by atoms with Crippen molar-refractivity contribution in [2.24, 2.45) is 0 Å². The number of esters is 1. The number of carbonyl (C=O) groups excluding carboxylic acids is 1. The number of hydrogen-bond acceptors (Lipinski definition) is 4. The Kier molecular flexibility index (Phi) is 4.28. The van der Waals surface area contributed by atoms with Gasteiger partial charge in [0, 0.05) is 4.47 Å². The van der Waals surface area contributed by atoms with E-state index in [1.165, 1.54) is 0 Å². The molecule has 0 aromatic heterocycles. The van der Waals surface area contributed by atoms with Gasteiger partial charge in [-0.15, -0.1) is 0 Å². The smallest absolute Gasteiger partial charge is 0.338 e. The third-order valence-electron chi connectivity index (χ3n) is 2.81. The van der Waals surface area contributed by atoms with Crippen molar-refractivity contribution in [3.63, 3.8) is 0 Å². The molecule has 1 aliphatic rings. The van der Waals surface area contributed by atoms with E-state index in [0.717, 1.165) is 10.0 Å². The summed E-state index contributed by atoms with van der Waals surface area (Å²) in [5.74, 6) is -1.18. The summed E-state index contributed by atoms with van der Waals surface area (Å²) in [5.41, 5.74) is 0.895. The van der Waals surface area contributed by atoms with Crippen LogP contribution in [-0.2, 0) is 19.0 Å². The summed E-state index contributed by atoms with van der Waals surface area (Å²) in [4.78, 5) is 11.9. The Morgan fingerprint density at radius 2 is 1.95 bits per heavy atom. The van der Waals surface area contributed by atoms with Crippen molar-refractivity contribution >= 4 is 21.9 Å². The van der Waals surface area contributed by atoms with Gasteiger partial charge in [0.15, 0.2) is 11.9 Å². The SMILES string of the molecule is CCOC(=O)[C@@H]1OC(C)(C)O[C@@H]1c1ccc(Br)cc1. The lowest BCUT2D eigenvalue weighted by atomic mass is 10.0. The van der Waals surface area contributed by atoms with Gasteiger partial charge in [0.25, 0.3) is 0 Å².